The largest absolute Gasteiger partial charge is 0.454 e. The molecule has 0 heterocycles. The molecule has 1 aromatic rings. The standard InChI is InChI=1S/C14H15F3N2O4S/c1-3-19(9-8-12(20)14(15,16)17)13(21)18-24(22,23)11-6-4-10(2)5-7-11/h4-9H,3H2,1-2H3,(H,18,21)/b9-8+. The van der Waals surface area contributed by atoms with Gasteiger partial charge in [-0.1, -0.05) is 17.7 Å². The molecule has 0 unspecified atom stereocenters. The van der Waals surface area contributed by atoms with Crippen molar-refractivity contribution >= 4 is 21.8 Å². The van der Waals surface area contributed by atoms with Gasteiger partial charge >= 0.3 is 12.2 Å². The molecule has 0 aromatic heterocycles. The van der Waals surface area contributed by atoms with Crippen molar-refractivity contribution in [2.24, 2.45) is 0 Å². The maximum absolute atomic E-state index is 12.1. The molecule has 0 aliphatic carbocycles. The summed E-state index contributed by atoms with van der Waals surface area (Å²) in [5.41, 5.74) is 0.809. The molecular weight excluding hydrogens is 349 g/mol. The number of amides is 2. The molecule has 0 saturated heterocycles. The lowest BCUT2D eigenvalue weighted by atomic mass is 10.2. The number of alkyl halides is 3. The van der Waals surface area contributed by atoms with Crippen molar-refractivity contribution in [3.8, 4) is 0 Å². The Bertz CT molecular complexity index is 740. The van der Waals surface area contributed by atoms with Crippen molar-refractivity contribution in [3.05, 3.63) is 42.1 Å². The zero-order valence-electron chi connectivity index (χ0n) is 12.8. The molecule has 2 amide bonds. The third-order valence-electron chi connectivity index (χ3n) is 2.84. The second-order valence-corrected chi connectivity index (χ2v) is 6.37. The number of rotatable bonds is 5. The van der Waals surface area contributed by atoms with Crippen LogP contribution in [-0.4, -0.2) is 37.9 Å². The zero-order chi connectivity index (χ0) is 18.5. The van der Waals surface area contributed by atoms with Gasteiger partial charge in [0.25, 0.3) is 15.8 Å². The highest BCUT2D eigenvalue weighted by Gasteiger charge is 2.36. The van der Waals surface area contributed by atoms with Crippen LogP contribution in [0.4, 0.5) is 18.0 Å². The van der Waals surface area contributed by atoms with E-state index in [2.05, 4.69) is 0 Å². The van der Waals surface area contributed by atoms with Gasteiger partial charge in [-0.3, -0.25) is 4.79 Å². The zero-order valence-corrected chi connectivity index (χ0v) is 13.6. The maximum Gasteiger partial charge on any atom is 0.454 e. The summed E-state index contributed by atoms with van der Waals surface area (Å²) in [6.45, 7) is 3.01. The summed E-state index contributed by atoms with van der Waals surface area (Å²) in [4.78, 5) is 23.1. The number of benzene rings is 1. The number of sulfonamides is 1. The molecule has 10 heteroatoms. The van der Waals surface area contributed by atoms with Crippen LogP contribution in [0.2, 0.25) is 0 Å². The van der Waals surface area contributed by atoms with Crippen LogP contribution in [0.5, 0.6) is 0 Å². The highest BCUT2D eigenvalue weighted by molar-refractivity contribution is 7.90. The number of hydrogen-bond donors (Lipinski definition) is 1. The first-order valence-electron chi connectivity index (χ1n) is 6.67. The Morgan fingerprint density at radius 2 is 1.75 bits per heavy atom. The van der Waals surface area contributed by atoms with Crippen LogP contribution in [0.25, 0.3) is 0 Å². The summed E-state index contributed by atoms with van der Waals surface area (Å²) < 4.78 is 62.1. The van der Waals surface area contributed by atoms with Gasteiger partial charge in [-0.2, -0.15) is 13.2 Å². The molecule has 0 fully saturated rings. The van der Waals surface area contributed by atoms with Gasteiger partial charge in [0.2, 0.25) is 0 Å². The third-order valence-corrected chi connectivity index (χ3v) is 4.18. The second kappa shape index (κ2) is 7.47. The number of urea groups is 1. The first kappa shape index (κ1) is 19.7. The van der Waals surface area contributed by atoms with Crippen LogP contribution < -0.4 is 4.72 Å². The number of nitrogens with zero attached hydrogens (tertiary/aromatic N) is 1. The fourth-order valence-electron chi connectivity index (χ4n) is 1.52. The topological polar surface area (TPSA) is 83.6 Å². The van der Waals surface area contributed by atoms with E-state index in [0.29, 0.717) is 11.1 Å². The fourth-order valence-corrected chi connectivity index (χ4v) is 2.48. The average molecular weight is 364 g/mol. The number of halogens is 3. The van der Waals surface area contributed by atoms with Gasteiger partial charge in [0.15, 0.2) is 0 Å². The predicted octanol–water partition coefficient (Wildman–Crippen LogP) is 2.36. The molecule has 1 N–H and O–H groups in total. The molecule has 0 aliphatic rings. The number of aryl methyl sites for hydroxylation is 1. The van der Waals surface area contributed by atoms with Crippen molar-refractivity contribution < 1.29 is 31.2 Å². The summed E-state index contributed by atoms with van der Waals surface area (Å²) in [5, 5.41) is 0. The highest BCUT2D eigenvalue weighted by atomic mass is 32.2. The molecule has 0 atom stereocenters. The quantitative estimate of drug-likeness (QED) is 0.813. The molecule has 0 saturated carbocycles. The van der Waals surface area contributed by atoms with Gasteiger partial charge in [-0.05, 0) is 26.0 Å². The lowest BCUT2D eigenvalue weighted by Crippen LogP contribution is -2.40. The lowest BCUT2D eigenvalue weighted by molar-refractivity contribution is -0.165. The van der Waals surface area contributed by atoms with Gasteiger partial charge in [0.1, 0.15) is 0 Å². The van der Waals surface area contributed by atoms with E-state index in [4.69, 9.17) is 0 Å². The minimum absolute atomic E-state index is 0.142. The van der Waals surface area contributed by atoms with Crippen LogP contribution in [0.15, 0.2) is 41.4 Å². The minimum Gasteiger partial charge on any atom is -0.300 e. The molecule has 24 heavy (non-hydrogen) atoms. The SMILES string of the molecule is CCN(/C=C/C(=O)C(F)(F)F)C(=O)NS(=O)(=O)c1ccc(C)cc1. The summed E-state index contributed by atoms with van der Waals surface area (Å²) in [7, 11) is -4.18. The average Bonchev–Trinajstić information content (AvgIpc) is 2.46. The number of hydrogen-bond acceptors (Lipinski definition) is 4. The molecule has 1 aromatic carbocycles. The van der Waals surface area contributed by atoms with Crippen molar-refractivity contribution in [1.29, 1.82) is 0 Å². The van der Waals surface area contributed by atoms with Gasteiger partial charge in [0.05, 0.1) is 4.90 Å². The van der Waals surface area contributed by atoms with Crippen LogP contribution >= 0.6 is 0 Å². The van der Waals surface area contributed by atoms with Gasteiger partial charge < -0.3 is 4.90 Å². The molecule has 1 rings (SSSR count). The van der Waals surface area contributed by atoms with Crippen molar-refractivity contribution in [1.82, 2.24) is 9.62 Å². The van der Waals surface area contributed by atoms with Gasteiger partial charge in [0, 0.05) is 18.8 Å². The van der Waals surface area contributed by atoms with Crippen LogP contribution in [-0.2, 0) is 14.8 Å². The second-order valence-electron chi connectivity index (χ2n) is 4.69. The monoisotopic (exact) mass is 364 g/mol. The molecule has 0 bridgehead atoms. The lowest BCUT2D eigenvalue weighted by Gasteiger charge is -2.17. The van der Waals surface area contributed by atoms with E-state index in [-0.39, 0.29) is 17.5 Å². The van der Waals surface area contributed by atoms with Crippen LogP contribution in [0.3, 0.4) is 0 Å². The van der Waals surface area contributed by atoms with Crippen molar-refractivity contribution in [2.75, 3.05) is 6.54 Å². The predicted molar refractivity (Wildman–Crippen MR) is 79.5 cm³/mol. The number of allylic oxidation sites excluding steroid dienone is 1. The van der Waals surface area contributed by atoms with E-state index in [9.17, 15) is 31.2 Å². The van der Waals surface area contributed by atoms with Crippen molar-refractivity contribution in [2.45, 2.75) is 24.9 Å². The van der Waals surface area contributed by atoms with E-state index in [1.165, 1.54) is 31.2 Å². The Morgan fingerprint density at radius 1 is 1.21 bits per heavy atom. The third kappa shape index (κ3) is 5.37. The first-order chi connectivity index (χ1) is 11.0. The first-order valence-corrected chi connectivity index (χ1v) is 8.15. The Balaban J connectivity index is 2.89. The molecule has 0 aliphatic heterocycles. The van der Waals surface area contributed by atoms with Crippen LogP contribution in [0.1, 0.15) is 12.5 Å². The Labute approximate surface area is 137 Å². The summed E-state index contributed by atoms with van der Waals surface area (Å²) in [6.07, 6.45) is -4.34. The van der Waals surface area contributed by atoms with E-state index in [1.54, 1.807) is 11.6 Å². The normalized spacial score (nSPS) is 12.2. The van der Waals surface area contributed by atoms with E-state index in [0.717, 1.165) is 5.56 Å². The van der Waals surface area contributed by atoms with E-state index < -0.39 is 28.0 Å². The smallest absolute Gasteiger partial charge is 0.300 e. The molecule has 0 spiro atoms. The molecular formula is C14H15F3N2O4S. The Morgan fingerprint density at radius 3 is 2.21 bits per heavy atom. The van der Waals surface area contributed by atoms with Gasteiger partial charge in [-0.25, -0.2) is 17.9 Å². The van der Waals surface area contributed by atoms with Crippen molar-refractivity contribution in [3.63, 3.8) is 0 Å². The summed E-state index contributed by atoms with van der Waals surface area (Å²) >= 11 is 0. The highest BCUT2D eigenvalue weighted by Crippen LogP contribution is 2.16. The molecule has 132 valence electrons. The van der Waals surface area contributed by atoms with Crippen LogP contribution in [0, 0.1) is 6.92 Å². The summed E-state index contributed by atoms with van der Waals surface area (Å²) in [6, 6.07) is 4.44. The minimum atomic E-state index is -5.07. The van der Waals surface area contributed by atoms with Gasteiger partial charge in [-0.15, -0.1) is 0 Å². The number of carbonyl (C=O) groups is 2. The number of carbonyl (C=O) groups excluding carboxylic acids is 2. The maximum atomic E-state index is 12.1. The molecule has 0 radical (unpaired) electrons. The Kier molecular flexibility index (Phi) is 6.13. The number of nitrogens with one attached hydrogen (secondary N) is 1. The fraction of sp³-hybridized carbons (Fsp3) is 0.286. The Hall–Kier alpha value is -2.36. The molecule has 6 nitrogen and oxygen atoms in total. The van der Waals surface area contributed by atoms with E-state index in [1.807, 2.05) is 0 Å². The van der Waals surface area contributed by atoms with E-state index >= 15 is 0 Å². The number of ketones is 1. The summed E-state index contributed by atoms with van der Waals surface area (Å²) in [5.74, 6) is -2.16.